The third kappa shape index (κ3) is 4.43. The van der Waals surface area contributed by atoms with Gasteiger partial charge in [0.1, 0.15) is 12.1 Å². The standard InChI is InChI=1S/C18H23N5O4/c1-26-7-3-6-23-11-20-22-16(23)10-19-18(25)14-9-17(24)21-15-5-4-12(27-2)8-13(14)15/h4-5,8,11,14H,3,6-7,9-10H2,1-2H3,(H,19,25)(H,21,24)/t14-/m0/s1. The van der Waals surface area contributed by atoms with E-state index in [9.17, 15) is 9.59 Å². The summed E-state index contributed by atoms with van der Waals surface area (Å²) >= 11 is 0. The van der Waals surface area contributed by atoms with Gasteiger partial charge >= 0.3 is 0 Å². The molecule has 2 N–H and O–H groups in total. The van der Waals surface area contributed by atoms with Crippen molar-refractivity contribution >= 4 is 17.5 Å². The molecule has 9 nitrogen and oxygen atoms in total. The summed E-state index contributed by atoms with van der Waals surface area (Å²) in [5.41, 5.74) is 1.38. The topological polar surface area (TPSA) is 107 Å². The second-order valence-electron chi connectivity index (χ2n) is 6.26. The first-order chi connectivity index (χ1) is 13.1. The van der Waals surface area contributed by atoms with Gasteiger partial charge in [0, 0.05) is 32.4 Å². The van der Waals surface area contributed by atoms with Crippen LogP contribution in [0.4, 0.5) is 5.69 Å². The van der Waals surface area contributed by atoms with E-state index in [1.165, 1.54) is 0 Å². The number of carbonyl (C=O) groups is 2. The number of aromatic nitrogens is 3. The quantitative estimate of drug-likeness (QED) is 0.670. The van der Waals surface area contributed by atoms with Gasteiger partial charge in [0.2, 0.25) is 11.8 Å². The maximum absolute atomic E-state index is 12.8. The lowest BCUT2D eigenvalue weighted by atomic mass is 9.89. The molecule has 1 aromatic carbocycles. The minimum absolute atomic E-state index is 0.0898. The molecule has 0 aliphatic carbocycles. The van der Waals surface area contributed by atoms with Gasteiger partial charge in [0.25, 0.3) is 0 Å². The van der Waals surface area contributed by atoms with E-state index in [4.69, 9.17) is 9.47 Å². The van der Waals surface area contributed by atoms with Gasteiger partial charge in [0.15, 0.2) is 5.82 Å². The number of hydrogen-bond acceptors (Lipinski definition) is 6. The van der Waals surface area contributed by atoms with Gasteiger partial charge in [-0.1, -0.05) is 0 Å². The molecule has 9 heteroatoms. The van der Waals surface area contributed by atoms with Crippen LogP contribution in [0, 0.1) is 0 Å². The molecule has 0 saturated heterocycles. The van der Waals surface area contributed by atoms with E-state index < -0.39 is 5.92 Å². The van der Waals surface area contributed by atoms with Crippen molar-refractivity contribution in [1.29, 1.82) is 0 Å². The molecule has 0 bridgehead atoms. The summed E-state index contributed by atoms with van der Waals surface area (Å²) in [5, 5.41) is 13.6. The second kappa shape index (κ2) is 8.63. The Bertz CT molecular complexity index is 820. The zero-order chi connectivity index (χ0) is 19.2. The Hall–Kier alpha value is -2.94. The first-order valence-corrected chi connectivity index (χ1v) is 8.73. The lowest BCUT2D eigenvalue weighted by molar-refractivity contribution is -0.126. The Balaban J connectivity index is 1.69. The fourth-order valence-corrected chi connectivity index (χ4v) is 3.07. The molecule has 144 valence electrons. The minimum Gasteiger partial charge on any atom is -0.497 e. The van der Waals surface area contributed by atoms with Crippen molar-refractivity contribution in [2.24, 2.45) is 0 Å². The number of amides is 2. The largest absolute Gasteiger partial charge is 0.497 e. The van der Waals surface area contributed by atoms with Crippen molar-refractivity contribution in [2.45, 2.75) is 31.8 Å². The van der Waals surface area contributed by atoms with Crippen LogP contribution in [0.2, 0.25) is 0 Å². The highest BCUT2D eigenvalue weighted by Gasteiger charge is 2.31. The number of anilines is 1. The Kier molecular flexibility index (Phi) is 6.02. The predicted molar refractivity (Wildman–Crippen MR) is 97.3 cm³/mol. The van der Waals surface area contributed by atoms with Crippen LogP contribution in [0.1, 0.15) is 30.1 Å². The number of methoxy groups -OCH3 is 2. The first kappa shape index (κ1) is 18.8. The summed E-state index contributed by atoms with van der Waals surface area (Å²) in [6.07, 6.45) is 2.54. The number of ether oxygens (including phenoxy) is 2. The number of fused-ring (bicyclic) bond motifs is 1. The molecule has 1 atom stereocenters. The Morgan fingerprint density at radius 2 is 2.26 bits per heavy atom. The van der Waals surface area contributed by atoms with Crippen LogP contribution in [0.15, 0.2) is 24.5 Å². The normalized spacial score (nSPS) is 15.8. The van der Waals surface area contributed by atoms with Crippen molar-refractivity contribution in [1.82, 2.24) is 20.1 Å². The molecular weight excluding hydrogens is 350 g/mol. The number of benzene rings is 1. The first-order valence-electron chi connectivity index (χ1n) is 8.73. The maximum atomic E-state index is 12.8. The van der Waals surface area contributed by atoms with Gasteiger partial charge in [-0.2, -0.15) is 0 Å². The average molecular weight is 373 g/mol. The molecule has 0 saturated carbocycles. The van der Waals surface area contributed by atoms with E-state index in [1.807, 2.05) is 4.57 Å². The van der Waals surface area contributed by atoms with Gasteiger partial charge < -0.3 is 24.7 Å². The Morgan fingerprint density at radius 3 is 3.04 bits per heavy atom. The molecule has 0 radical (unpaired) electrons. The lowest BCUT2D eigenvalue weighted by Gasteiger charge is -2.25. The molecule has 2 aromatic rings. The zero-order valence-corrected chi connectivity index (χ0v) is 15.4. The summed E-state index contributed by atoms with van der Waals surface area (Å²) in [4.78, 5) is 24.7. The third-order valence-electron chi connectivity index (χ3n) is 4.48. The van der Waals surface area contributed by atoms with Crippen LogP contribution in [0.3, 0.4) is 0 Å². The molecule has 0 unspecified atom stereocenters. The molecule has 27 heavy (non-hydrogen) atoms. The number of nitrogens with one attached hydrogen (secondary N) is 2. The summed E-state index contributed by atoms with van der Waals surface area (Å²) in [6.45, 7) is 1.58. The summed E-state index contributed by atoms with van der Waals surface area (Å²) in [5.74, 6) is 0.307. The fourth-order valence-electron chi connectivity index (χ4n) is 3.07. The van der Waals surface area contributed by atoms with Crippen molar-refractivity contribution < 1.29 is 19.1 Å². The highest BCUT2D eigenvalue weighted by molar-refractivity contribution is 6.01. The van der Waals surface area contributed by atoms with Crippen LogP contribution in [0.25, 0.3) is 0 Å². The SMILES string of the molecule is COCCCn1cnnc1CNC(=O)[C@H]1CC(=O)Nc2ccc(OC)cc21. The molecule has 0 spiro atoms. The molecule has 1 aromatic heterocycles. The van der Waals surface area contributed by atoms with Gasteiger partial charge in [0.05, 0.1) is 19.6 Å². The number of carbonyl (C=O) groups excluding carboxylic acids is 2. The summed E-state index contributed by atoms with van der Waals surface area (Å²) < 4.78 is 12.2. The smallest absolute Gasteiger partial charge is 0.228 e. The molecule has 1 aliphatic heterocycles. The van der Waals surface area contributed by atoms with Crippen molar-refractivity contribution in [3.63, 3.8) is 0 Å². The number of rotatable bonds is 8. The average Bonchev–Trinajstić information content (AvgIpc) is 3.12. The van der Waals surface area contributed by atoms with Crippen molar-refractivity contribution in [3.05, 3.63) is 35.9 Å². The number of nitrogens with zero attached hydrogens (tertiary/aromatic N) is 3. The van der Waals surface area contributed by atoms with Crippen molar-refractivity contribution in [3.8, 4) is 5.75 Å². The highest BCUT2D eigenvalue weighted by Crippen LogP contribution is 2.35. The van der Waals surface area contributed by atoms with Crippen LogP contribution < -0.4 is 15.4 Å². The zero-order valence-electron chi connectivity index (χ0n) is 15.4. The van der Waals surface area contributed by atoms with E-state index in [0.29, 0.717) is 30.4 Å². The molecule has 3 rings (SSSR count). The van der Waals surface area contributed by atoms with E-state index in [-0.39, 0.29) is 24.8 Å². The van der Waals surface area contributed by atoms with Crippen LogP contribution in [-0.2, 0) is 27.4 Å². The van der Waals surface area contributed by atoms with Crippen LogP contribution in [0.5, 0.6) is 5.75 Å². The molecular formula is C18H23N5O4. The molecule has 1 aliphatic rings. The van der Waals surface area contributed by atoms with Gasteiger partial charge in [-0.3, -0.25) is 9.59 Å². The molecule has 2 amide bonds. The number of hydrogen-bond donors (Lipinski definition) is 2. The summed E-state index contributed by atoms with van der Waals surface area (Å²) in [7, 11) is 3.22. The van der Waals surface area contributed by atoms with E-state index in [2.05, 4.69) is 20.8 Å². The van der Waals surface area contributed by atoms with Crippen LogP contribution in [-0.4, -0.2) is 47.4 Å². The second-order valence-corrected chi connectivity index (χ2v) is 6.26. The fraction of sp³-hybridized carbons (Fsp3) is 0.444. The van der Waals surface area contributed by atoms with Crippen molar-refractivity contribution in [2.75, 3.05) is 26.1 Å². The minimum atomic E-state index is -0.575. The molecule has 2 heterocycles. The van der Waals surface area contributed by atoms with E-state index >= 15 is 0 Å². The predicted octanol–water partition coefficient (Wildman–Crippen LogP) is 1.07. The van der Waals surface area contributed by atoms with Gasteiger partial charge in [-0.05, 0) is 30.2 Å². The Morgan fingerprint density at radius 1 is 1.41 bits per heavy atom. The highest BCUT2D eigenvalue weighted by atomic mass is 16.5. The third-order valence-corrected chi connectivity index (χ3v) is 4.48. The Labute approximate surface area is 157 Å². The van der Waals surface area contributed by atoms with Gasteiger partial charge in [-0.15, -0.1) is 10.2 Å². The lowest BCUT2D eigenvalue weighted by Crippen LogP contribution is -2.35. The number of aryl methyl sites for hydroxylation is 1. The monoisotopic (exact) mass is 373 g/mol. The molecule has 0 fully saturated rings. The van der Waals surface area contributed by atoms with E-state index in [1.54, 1.807) is 38.7 Å². The van der Waals surface area contributed by atoms with Crippen LogP contribution >= 0.6 is 0 Å². The van der Waals surface area contributed by atoms with Gasteiger partial charge in [-0.25, -0.2) is 0 Å². The maximum Gasteiger partial charge on any atom is 0.228 e. The summed E-state index contributed by atoms with van der Waals surface area (Å²) in [6, 6.07) is 5.28. The van der Waals surface area contributed by atoms with E-state index in [0.717, 1.165) is 12.0 Å².